The normalized spacial score (nSPS) is 16.1. The number of piperidine rings is 1. The van der Waals surface area contributed by atoms with Crippen molar-refractivity contribution in [1.29, 1.82) is 0 Å². The largest absolute Gasteiger partial charge is 0.497 e. The third-order valence-electron chi connectivity index (χ3n) is 6.05. The topological polar surface area (TPSA) is 107 Å². The van der Waals surface area contributed by atoms with Crippen molar-refractivity contribution in [3.05, 3.63) is 59.5 Å². The number of nitrogens with one attached hydrogen (secondary N) is 1. The van der Waals surface area contributed by atoms with Gasteiger partial charge in [-0.3, -0.25) is 9.69 Å². The molecule has 1 aliphatic rings. The first-order chi connectivity index (χ1) is 16.5. The molecule has 1 amide bonds. The lowest BCUT2D eigenvalue weighted by atomic mass is 9.96. The van der Waals surface area contributed by atoms with Crippen LogP contribution in [0, 0.1) is 12.8 Å². The number of hydrogen-bond donors (Lipinski definition) is 1. The number of carbonyl (C=O) groups is 2. The summed E-state index contributed by atoms with van der Waals surface area (Å²) in [5, 5.41) is 7.07. The molecule has 178 valence electrons. The second kappa shape index (κ2) is 10.5. The van der Waals surface area contributed by atoms with Gasteiger partial charge in [-0.05, 0) is 68.3 Å². The van der Waals surface area contributed by atoms with E-state index < -0.39 is 5.97 Å². The maximum absolute atomic E-state index is 13.0. The van der Waals surface area contributed by atoms with E-state index in [4.69, 9.17) is 14.0 Å². The van der Waals surface area contributed by atoms with Crippen LogP contribution in [0.4, 0.5) is 5.69 Å². The molecule has 1 aliphatic heterocycles. The van der Waals surface area contributed by atoms with Gasteiger partial charge in [-0.25, -0.2) is 4.79 Å². The number of carbonyl (C=O) groups excluding carboxylic acids is 2. The predicted octanol–water partition coefficient (Wildman–Crippen LogP) is 3.69. The van der Waals surface area contributed by atoms with Crippen molar-refractivity contribution in [2.75, 3.05) is 32.6 Å². The van der Waals surface area contributed by atoms with E-state index in [1.165, 1.54) is 7.11 Å². The average Bonchev–Trinajstić information content (AvgIpc) is 3.33. The van der Waals surface area contributed by atoms with Gasteiger partial charge in [0.1, 0.15) is 5.75 Å². The number of rotatable bonds is 7. The van der Waals surface area contributed by atoms with Crippen molar-refractivity contribution in [3.8, 4) is 17.1 Å². The Morgan fingerprint density at radius 3 is 2.71 bits per heavy atom. The Morgan fingerprint density at radius 1 is 1.18 bits per heavy atom. The Kier molecular flexibility index (Phi) is 7.22. The van der Waals surface area contributed by atoms with E-state index in [1.807, 2.05) is 24.3 Å². The highest BCUT2D eigenvalue weighted by Gasteiger charge is 2.27. The van der Waals surface area contributed by atoms with E-state index in [0.717, 1.165) is 30.7 Å². The predicted molar refractivity (Wildman–Crippen MR) is 125 cm³/mol. The smallest absolute Gasteiger partial charge is 0.338 e. The maximum atomic E-state index is 13.0. The van der Waals surface area contributed by atoms with E-state index >= 15 is 0 Å². The summed E-state index contributed by atoms with van der Waals surface area (Å²) in [6.07, 6.45) is 1.68. The van der Waals surface area contributed by atoms with E-state index in [1.54, 1.807) is 32.2 Å². The summed E-state index contributed by atoms with van der Waals surface area (Å²) in [5.74, 6) is 1.11. The lowest BCUT2D eigenvalue weighted by Gasteiger charge is -2.31. The minimum atomic E-state index is -0.425. The van der Waals surface area contributed by atoms with Gasteiger partial charge in [-0.15, -0.1) is 0 Å². The van der Waals surface area contributed by atoms with Crippen LogP contribution >= 0.6 is 0 Å². The van der Waals surface area contributed by atoms with Crippen molar-refractivity contribution < 1.29 is 23.6 Å². The number of benzene rings is 2. The number of aromatic nitrogens is 2. The van der Waals surface area contributed by atoms with Crippen LogP contribution in [0.25, 0.3) is 11.4 Å². The molecule has 1 unspecified atom stereocenters. The van der Waals surface area contributed by atoms with Crippen LogP contribution in [-0.2, 0) is 16.1 Å². The molecule has 9 nitrogen and oxygen atoms in total. The fourth-order valence-electron chi connectivity index (χ4n) is 4.12. The summed E-state index contributed by atoms with van der Waals surface area (Å²) in [6.45, 7) is 3.71. The number of anilines is 1. The lowest BCUT2D eigenvalue weighted by Crippen LogP contribution is -2.40. The Hall–Kier alpha value is -3.72. The Labute approximate surface area is 198 Å². The van der Waals surface area contributed by atoms with E-state index in [0.29, 0.717) is 41.6 Å². The molecule has 3 aromatic rings. The number of nitrogens with zero attached hydrogens (tertiary/aromatic N) is 3. The summed E-state index contributed by atoms with van der Waals surface area (Å²) >= 11 is 0. The molecule has 0 saturated carbocycles. The van der Waals surface area contributed by atoms with Crippen molar-refractivity contribution in [2.24, 2.45) is 5.92 Å². The Balaban J connectivity index is 1.38. The van der Waals surface area contributed by atoms with E-state index in [9.17, 15) is 9.59 Å². The Bertz CT molecular complexity index is 1160. The second-order valence-electron chi connectivity index (χ2n) is 8.27. The first-order valence-corrected chi connectivity index (χ1v) is 11.2. The molecule has 4 rings (SSSR count). The fourth-order valence-corrected chi connectivity index (χ4v) is 4.12. The second-order valence-corrected chi connectivity index (χ2v) is 8.27. The zero-order valence-electron chi connectivity index (χ0n) is 19.5. The van der Waals surface area contributed by atoms with Gasteiger partial charge in [0.05, 0.1) is 32.2 Å². The van der Waals surface area contributed by atoms with Crippen molar-refractivity contribution >= 4 is 17.6 Å². The summed E-state index contributed by atoms with van der Waals surface area (Å²) in [6, 6.07) is 12.7. The maximum Gasteiger partial charge on any atom is 0.338 e. The van der Waals surface area contributed by atoms with Gasteiger partial charge in [0, 0.05) is 17.8 Å². The highest BCUT2D eigenvalue weighted by molar-refractivity contribution is 5.97. The van der Waals surface area contributed by atoms with Gasteiger partial charge in [-0.2, -0.15) is 4.98 Å². The van der Waals surface area contributed by atoms with Gasteiger partial charge >= 0.3 is 5.97 Å². The highest BCUT2D eigenvalue weighted by atomic mass is 16.5. The van der Waals surface area contributed by atoms with Crippen LogP contribution in [0.1, 0.15) is 34.7 Å². The minimum Gasteiger partial charge on any atom is -0.497 e. The van der Waals surface area contributed by atoms with E-state index in [-0.39, 0.29) is 11.8 Å². The molecule has 1 N–H and O–H groups in total. The molecular formula is C25H28N4O5. The zero-order valence-corrected chi connectivity index (χ0v) is 19.5. The fraction of sp³-hybridized carbons (Fsp3) is 0.360. The summed E-state index contributed by atoms with van der Waals surface area (Å²) in [7, 11) is 2.96. The van der Waals surface area contributed by atoms with Gasteiger partial charge in [-0.1, -0.05) is 11.2 Å². The summed E-state index contributed by atoms with van der Waals surface area (Å²) in [4.78, 5) is 31.6. The van der Waals surface area contributed by atoms with Gasteiger partial charge in [0.25, 0.3) is 0 Å². The first kappa shape index (κ1) is 23.4. The van der Waals surface area contributed by atoms with Crippen LogP contribution < -0.4 is 10.1 Å². The number of hydrogen-bond acceptors (Lipinski definition) is 8. The van der Waals surface area contributed by atoms with Crippen molar-refractivity contribution in [3.63, 3.8) is 0 Å². The molecule has 2 aromatic carbocycles. The molecule has 1 atom stereocenters. The monoisotopic (exact) mass is 464 g/mol. The number of amides is 1. The molecule has 0 spiro atoms. The number of esters is 1. The SMILES string of the molecule is COC(=O)c1cccc(NC(=O)C2CCCN(Cc3nc(-c4ccc(OC)cc4)no3)C2)c1C. The third-order valence-corrected chi connectivity index (χ3v) is 6.05. The minimum absolute atomic E-state index is 0.0701. The van der Waals surface area contributed by atoms with Crippen LogP contribution in [0.5, 0.6) is 5.75 Å². The van der Waals surface area contributed by atoms with Gasteiger partial charge < -0.3 is 19.3 Å². The molecule has 0 aliphatic carbocycles. The van der Waals surface area contributed by atoms with E-state index in [2.05, 4.69) is 20.4 Å². The van der Waals surface area contributed by atoms with Crippen LogP contribution in [0.2, 0.25) is 0 Å². The number of likely N-dealkylation sites (tertiary alicyclic amines) is 1. The molecule has 9 heteroatoms. The summed E-state index contributed by atoms with van der Waals surface area (Å²) < 4.78 is 15.5. The quantitative estimate of drug-likeness (QED) is 0.528. The van der Waals surface area contributed by atoms with Gasteiger partial charge in [0.2, 0.25) is 17.6 Å². The molecule has 1 saturated heterocycles. The molecule has 1 fully saturated rings. The average molecular weight is 465 g/mol. The highest BCUT2D eigenvalue weighted by Crippen LogP contribution is 2.25. The van der Waals surface area contributed by atoms with Crippen LogP contribution in [-0.4, -0.2) is 54.2 Å². The molecule has 0 bridgehead atoms. The van der Waals surface area contributed by atoms with Crippen LogP contribution in [0.3, 0.4) is 0 Å². The molecule has 2 heterocycles. The van der Waals surface area contributed by atoms with Crippen LogP contribution in [0.15, 0.2) is 47.0 Å². The van der Waals surface area contributed by atoms with Crippen molar-refractivity contribution in [2.45, 2.75) is 26.3 Å². The zero-order chi connectivity index (χ0) is 24.1. The Morgan fingerprint density at radius 2 is 1.97 bits per heavy atom. The third kappa shape index (κ3) is 5.26. The van der Waals surface area contributed by atoms with Crippen molar-refractivity contribution in [1.82, 2.24) is 15.0 Å². The molecule has 34 heavy (non-hydrogen) atoms. The molecule has 1 aromatic heterocycles. The number of methoxy groups -OCH3 is 2. The lowest BCUT2D eigenvalue weighted by molar-refractivity contribution is -0.121. The number of ether oxygens (including phenoxy) is 2. The summed E-state index contributed by atoms with van der Waals surface area (Å²) in [5.41, 5.74) is 2.59. The standard InChI is InChI=1S/C25H28N4O5/c1-16-20(25(31)33-3)7-4-8-21(16)26-24(30)18-6-5-13-29(14-18)15-22-27-23(28-34-22)17-9-11-19(32-2)12-10-17/h4,7-12,18H,5-6,13-15H2,1-3H3,(H,26,30). The first-order valence-electron chi connectivity index (χ1n) is 11.2. The molecular weight excluding hydrogens is 436 g/mol. The van der Waals surface area contributed by atoms with Gasteiger partial charge in [0.15, 0.2) is 0 Å². The molecule has 0 radical (unpaired) electrons.